The van der Waals surface area contributed by atoms with Gasteiger partial charge in [0.05, 0.1) is 6.54 Å². The normalized spacial score (nSPS) is 23.1. The Morgan fingerprint density at radius 1 is 1.35 bits per heavy atom. The topological polar surface area (TPSA) is 35.6 Å². The molecule has 0 aromatic rings. The number of hydrogen-bond donors (Lipinski definition) is 1. The third-order valence-corrected chi connectivity index (χ3v) is 4.23. The van der Waals surface area contributed by atoms with Crippen molar-refractivity contribution in [2.24, 2.45) is 5.92 Å². The van der Waals surface area contributed by atoms with Gasteiger partial charge in [0.2, 0.25) is 5.91 Å². The van der Waals surface area contributed by atoms with Gasteiger partial charge in [-0.1, -0.05) is 6.08 Å². The molecule has 0 radical (unpaired) electrons. The van der Waals surface area contributed by atoms with Gasteiger partial charge in [0.25, 0.3) is 0 Å². The SMILES string of the molecule is C=CC1CCN(C(=O)CN(C)C2CCNCC2)C1.Cl.Cl. The first kappa shape index (κ1) is 19.7. The molecule has 0 aliphatic carbocycles. The summed E-state index contributed by atoms with van der Waals surface area (Å²) >= 11 is 0. The fourth-order valence-corrected chi connectivity index (χ4v) is 2.90. The predicted octanol–water partition coefficient (Wildman–Crippen LogP) is 1.55. The van der Waals surface area contributed by atoms with E-state index in [2.05, 4.69) is 23.8 Å². The zero-order valence-electron chi connectivity index (χ0n) is 12.2. The minimum Gasteiger partial charge on any atom is -0.341 e. The standard InChI is InChI=1S/C14H25N3O.2ClH/c1-3-12-6-9-17(10-12)14(18)11-16(2)13-4-7-15-8-5-13;;/h3,12-13,15H,1,4-11H2,2H3;2*1H. The summed E-state index contributed by atoms with van der Waals surface area (Å²) in [6.45, 7) is 8.29. The van der Waals surface area contributed by atoms with Crippen LogP contribution in [0.3, 0.4) is 0 Å². The summed E-state index contributed by atoms with van der Waals surface area (Å²) in [6, 6.07) is 0.563. The van der Waals surface area contributed by atoms with Gasteiger partial charge in [-0.25, -0.2) is 0 Å². The van der Waals surface area contributed by atoms with Gasteiger partial charge in [0.1, 0.15) is 0 Å². The van der Waals surface area contributed by atoms with Crippen LogP contribution in [0.15, 0.2) is 12.7 Å². The first-order chi connectivity index (χ1) is 8.70. The van der Waals surface area contributed by atoms with Crippen LogP contribution < -0.4 is 5.32 Å². The summed E-state index contributed by atoms with van der Waals surface area (Å²) in [7, 11) is 2.08. The number of rotatable bonds is 4. The molecule has 1 atom stereocenters. The molecule has 1 amide bonds. The lowest BCUT2D eigenvalue weighted by atomic mass is 10.1. The Labute approximate surface area is 134 Å². The van der Waals surface area contributed by atoms with Gasteiger partial charge in [0.15, 0.2) is 0 Å². The minimum atomic E-state index is 0. The van der Waals surface area contributed by atoms with Crippen LogP contribution in [-0.4, -0.2) is 61.5 Å². The van der Waals surface area contributed by atoms with Crippen LogP contribution in [0.1, 0.15) is 19.3 Å². The molecule has 2 fully saturated rings. The third kappa shape index (κ3) is 5.24. The maximum absolute atomic E-state index is 12.2. The number of nitrogens with one attached hydrogen (secondary N) is 1. The zero-order valence-corrected chi connectivity index (χ0v) is 13.8. The second kappa shape index (κ2) is 9.61. The van der Waals surface area contributed by atoms with Crippen molar-refractivity contribution in [3.63, 3.8) is 0 Å². The molecule has 1 unspecified atom stereocenters. The molecular weight excluding hydrogens is 297 g/mol. The van der Waals surface area contributed by atoms with Crippen LogP contribution in [0, 0.1) is 5.92 Å². The summed E-state index contributed by atoms with van der Waals surface area (Å²) < 4.78 is 0. The van der Waals surface area contributed by atoms with Crippen LogP contribution in [0.4, 0.5) is 0 Å². The smallest absolute Gasteiger partial charge is 0.236 e. The average molecular weight is 324 g/mol. The first-order valence-electron chi connectivity index (χ1n) is 7.02. The highest BCUT2D eigenvalue weighted by Crippen LogP contribution is 2.17. The molecule has 4 nitrogen and oxygen atoms in total. The van der Waals surface area contributed by atoms with Gasteiger partial charge in [-0.3, -0.25) is 9.69 Å². The molecule has 2 heterocycles. The van der Waals surface area contributed by atoms with Gasteiger partial charge in [-0.2, -0.15) is 0 Å². The Morgan fingerprint density at radius 2 is 2.00 bits per heavy atom. The molecule has 0 spiro atoms. The molecule has 118 valence electrons. The van der Waals surface area contributed by atoms with E-state index in [4.69, 9.17) is 0 Å². The van der Waals surface area contributed by atoms with E-state index >= 15 is 0 Å². The third-order valence-electron chi connectivity index (χ3n) is 4.23. The number of amides is 1. The number of likely N-dealkylation sites (tertiary alicyclic amines) is 1. The quantitative estimate of drug-likeness (QED) is 0.797. The van der Waals surface area contributed by atoms with Crippen molar-refractivity contribution in [2.45, 2.75) is 25.3 Å². The second-order valence-electron chi connectivity index (χ2n) is 5.52. The molecule has 20 heavy (non-hydrogen) atoms. The number of likely N-dealkylation sites (N-methyl/N-ethyl adjacent to an activating group) is 1. The van der Waals surface area contributed by atoms with Gasteiger partial charge in [0, 0.05) is 19.1 Å². The molecule has 2 rings (SSSR count). The summed E-state index contributed by atoms with van der Waals surface area (Å²) in [4.78, 5) is 16.4. The highest BCUT2D eigenvalue weighted by molar-refractivity contribution is 5.85. The van der Waals surface area contributed by atoms with Crippen LogP contribution in [-0.2, 0) is 4.79 Å². The van der Waals surface area contributed by atoms with Gasteiger partial charge >= 0.3 is 0 Å². The second-order valence-corrected chi connectivity index (χ2v) is 5.52. The maximum atomic E-state index is 12.2. The zero-order chi connectivity index (χ0) is 13.0. The lowest BCUT2D eigenvalue weighted by Crippen LogP contribution is -2.46. The number of carbonyl (C=O) groups excluding carboxylic acids is 1. The van der Waals surface area contributed by atoms with Crippen molar-refractivity contribution in [3.05, 3.63) is 12.7 Å². The molecule has 0 aromatic carbocycles. The Kier molecular flexibility index (Phi) is 9.47. The Balaban J connectivity index is 0.00000180. The Morgan fingerprint density at radius 3 is 2.55 bits per heavy atom. The van der Waals surface area contributed by atoms with Crippen LogP contribution in [0.2, 0.25) is 0 Å². The summed E-state index contributed by atoms with van der Waals surface area (Å²) in [5.41, 5.74) is 0. The van der Waals surface area contributed by atoms with Crippen molar-refractivity contribution in [2.75, 3.05) is 39.8 Å². The molecule has 6 heteroatoms. The van der Waals surface area contributed by atoms with Crippen LogP contribution in [0.5, 0.6) is 0 Å². The summed E-state index contributed by atoms with van der Waals surface area (Å²) in [6.07, 6.45) is 5.36. The molecule has 2 aliphatic rings. The fourth-order valence-electron chi connectivity index (χ4n) is 2.90. The predicted molar refractivity (Wildman–Crippen MR) is 87.9 cm³/mol. The lowest BCUT2D eigenvalue weighted by molar-refractivity contribution is -0.131. The van der Waals surface area contributed by atoms with Crippen LogP contribution in [0.25, 0.3) is 0 Å². The van der Waals surface area contributed by atoms with E-state index in [0.29, 0.717) is 18.5 Å². The molecule has 0 saturated carbocycles. The number of halogens is 2. The van der Waals surface area contributed by atoms with Crippen molar-refractivity contribution in [1.29, 1.82) is 0 Å². The van der Waals surface area contributed by atoms with E-state index in [0.717, 1.165) is 45.4 Å². The molecule has 1 N–H and O–H groups in total. The molecule has 0 aromatic heterocycles. The molecule has 0 bridgehead atoms. The number of nitrogens with zero attached hydrogens (tertiary/aromatic N) is 2. The van der Waals surface area contributed by atoms with Crippen molar-refractivity contribution in [3.8, 4) is 0 Å². The summed E-state index contributed by atoms with van der Waals surface area (Å²) in [5.74, 6) is 0.776. The summed E-state index contributed by atoms with van der Waals surface area (Å²) in [5, 5.41) is 3.36. The number of piperidine rings is 1. The van der Waals surface area contributed by atoms with E-state index in [1.165, 1.54) is 0 Å². The maximum Gasteiger partial charge on any atom is 0.236 e. The number of carbonyl (C=O) groups is 1. The van der Waals surface area contributed by atoms with Crippen LogP contribution >= 0.6 is 24.8 Å². The highest BCUT2D eigenvalue weighted by Gasteiger charge is 2.26. The fraction of sp³-hybridized carbons (Fsp3) is 0.786. The van der Waals surface area contributed by atoms with Gasteiger partial charge < -0.3 is 10.2 Å². The van der Waals surface area contributed by atoms with E-state index in [1.807, 2.05) is 11.0 Å². The van der Waals surface area contributed by atoms with E-state index < -0.39 is 0 Å². The largest absolute Gasteiger partial charge is 0.341 e. The Bertz CT molecular complexity index is 309. The van der Waals surface area contributed by atoms with Gasteiger partial charge in [-0.05, 0) is 45.3 Å². The molecule has 2 saturated heterocycles. The highest BCUT2D eigenvalue weighted by atomic mass is 35.5. The van der Waals surface area contributed by atoms with Crippen molar-refractivity contribution < 1.29 is 4.79 Å². The van der Waals surface area contributed by atoms with Crippen molar-refractivity contribution >= 4 is 30.7 Å². The van der Waals surface area contributed by atoms with E-state index in [-0.39, 0.29) is 30.7 Å². The minimum absolute atomic E-state index is 0. The van der Waals surface area contributed by atoms with E-state index in [9.17, 15) is 4.79 Å². The first-order valence-corrected chi connectivity index (χ1v) is 7.02. The average Bonchev–Trinajstić information content (AvgIpc) is 2.88. The molecular formula is C14H27Cl2N3O. The van der Waals surface area contributed by atoms with Crippen molar-refractivity contribution in [1.82, 2.24) is 15.1 Å². The molecule has 2 aliphatic heterocycles. The van der Waals surface area contributed by atoms with E-state index in [1.54, 1.807) is 0 Å². The monoisotopic (exact) mass is 323 g/mol. The Hall–Kier alpha value is -0.290. The number of hydrogen-bond acceptors (Lipinski definition) is 3. The van der Waals surface area contributed by atoms with Gasteiger partial charge in [-0.15, -0.1) is 31.4 Å². The lowest BCUT2D eigenvalue weighted by Gasteiger charge is -2.32.